The third kappa shape index (κ3) is 3.28. The van der Waals surface area contributed by atoms with Crippen LogP contribution in [0, 0.1) is 11.3 Å². The summed E-state index contributed by atoms with van der Waals surface area (Å²) in [4.78, 5) is 5.69. The van der Waals surface area contributed by atoms with E-state index in [1.807, 2.05) is 6.07 Å². The Hall–Kier alpha value is -1.97. The van der Waals surface area contributed by atoms with Gasteiger partial charge in [-0.1, -0.05) is 0 Å². The van der Waals surface area contributed by atoms with Crippen LogP contribution >= 0.6 is 0 Å². The molecule has 0 atom stereocenters. The SMILES string of the molecule is N#CCCN(c1cc(C(F)(F)F)cc(N)n1)C1CC1. The van der Waals surface area contributed by atoms with Crippen LogP contribution in [0.5, 0.6) is 0 Å². The lowest BCUT2D eigenvalue weighted by Gasteiger charge is -2.23. The lowest BCUT2D eigenvalue weighted by atomic mass is 10.2. The van der Waals surface area contributed by atoms with Crippen LogP contribution < -0.4 is 10.6 Å². The molecule has 19 heavy (non-hydrogen) atoms. The molecule has 0 saturated heterocycles. The van der Waals surface area contributed by atoms with Gasteiger partial charge in [0.2, 0.25) is 0 Å². The van der Waals surface area contributed by atoms with E-state index in [1.54, 1.807) is 4.90 Å². The molecule has 2 rings (SSSR count). The van der Waals surface area contributed by atoms with Crippen molar-refractivity contribution in [2.75, 3.05) is 17.2 Å². The van der Waals surface area contributed by atoms with Gasteiger partial charge in [0.05, 0.1) is 18.1 Å². The van der Waals surface area contributed by atoms with Crippen LogP contribution in [0.4, 0.5) is 24.8 Å². The van der Waals surface area contributed by atoms with Crippen molar-refractivity contribution in [3.05, 3.63) is 17.7 Å². The molecule has 1 aromatic heterocycles. The topological polar surface area (TPSA) is 65.9 Å². The van der Waals surface area contributed by atoms with E-state index in [9.17, 15) is 13.2 Å². The summed E-state index contributed by atoms with van der Waals surface area (Å²) < 4.78 is 38.2. The van der Waals surface area contributed by atoms with Crippen LogP contribution in [0.1, 0.15) is 24.8 Å². The van der Waals surface area contributed by atoms with Crippen LogP contribution in [0.2, 0.25) is 0 Å². The molecular formula is C12H13F3N4. The number of alkyl halides is 3. The molecule has 4 nitrogen and oxygen atoms in total. The number of anilines is 2. The Balaban J connectivity index is 2.31. The largest absolute Gasteiger partial charge is 0.416 e. The van der Waals surface area contributed by atoms with Gasteiger partial charge < -0.3 is 10.6 Å². The molecule has 0 unspecified atom stereocenters. The maximum atomic E-state index is 12.7. The van der Waals surface area contributed by atoms with Gasteiger partial charge in [0, 0.05) is 12.6 Å². The maximum absolute atomic E-state index is 12.7. The van der Waals surface area contributed by atoms with Crippen molar-refractivity contribution < 1.29 is 13.2 Å². The van der Waals surface area contributed by atoms with E-state index >= 15 is 0 Å². The normalized spacial score (nSPS) is 15.1. The van der Waals surface area contributed by atoms with Crippen LogP contribution in [0.25, 0.3) is 0 Å². The number of nitrogens with two attached hydrogens (primary N) is 1. The first kappa shape index (κ1) is 13.5. The highest BCUT2D eigenvalue weighted by molar-refractivity contribution is 5.50. The average molecular weight is 270 g/mol. The maximum Gasteiger partial charge on any atom is 0.416 e. The zero-order valence-corrected chi connectivity index (χ0v) is 10.1. The van der Waals surface area contributed by atoms with E-state index in [-0.39, 0.29) is 24.1 Å². The van der Waals surface area contributed by atoms with Crippen molar-refractivity contribution in [3.63, 3.8) is 0 Å². The molecule has 0 bridgehead atoms. The minimum atomic E-state index is -4.45. The second-order valence-electron chi connectivity index (χ2n) is 4.47. The summed E-state index contributed by atoms with van der Waals surface area (Å²) in [5.41, 5.74) is 4.63. The summed E-state index contributed by atoms with van der Waals surface area (Å²) >= 11 is 0. The van der Waals surface area contributed by atoms with Crippen molar-refractivity contribution in [1.29, 1.82) is 5.26 Å². The Kier molecular flexibility index (Phi) is 3.51. The van der Waals surface area contributed by atoms with Gasteiger partial charge in [-0.2, -0.15) is 18.4 Å². The van der Waals surface area contributed by atoms with E-state index in [1.165, 1.54) is 0 Å². The minimum absolute atomic E-state index is 0.160. The van der Waals surface area contributed by atoms with Crippen molar-refractivity contribution in [2.45, 2.75) is 31.5 Å². The van der Waals surface area contributed by atoms with Crippen molar-refractivity contribution in [2.24, 2.45) is 0 Å². The van der Waals surface area contributed by atoms with Gasteiger partial charge in [-0.15, -0.1) is 0 Å². The summed E-state index contributed by atoms with van der Waals surface area (Å²) in [5, 5.41) is 8.60. The van der Waals surface area contributed by atoms with Crippen LogP contribution in [-0.4, -0.2) is 17.6 Å². The summed E-state index contributed by atoms with van der Waals surface area (Å²) in [7, 11) is 0. The van der Waals surface area contributed by atoms with Crippen LogP contribution in [0.15, 0.2) is 12.1 Å². The number of nitriles is 1. The molecule has 0 radical (unpaired) electrons. The highest BCUT2D eigenvalue weighted by Gasteiger charge is 2.34. The molecule has 2 N–H and O–H groups in total. The number of pyridine rings is 1. The number of halogens is 3. The molecule has 102 valence electrons. The highest BCUT2D eigenvalue weighted by atomic mass is 19.4. The molecule has 1 aliphatic carbocycles. The zero-order chi connectivity index (χ0) is 14.0. The second-order valence-corrected chi connectivity index (χ2v) is 4.47. The van der Waals surface area contributed by atoms with Crippen molar-refractivity contribution in [3.8, 4) is 6.07 Å². The molecule has 1 aliphatic rings. The van der Waals surface area contributed by atoms with E-state index in [0.29, 0.717) is 6.54 Å². The number of rotatable bonds is 4. The van der Waals surface area contributed by atoms with E-state index in [0.717, 1.165) is 25.0 Å². The monoisotopic (exact) mass is 270 g/mol. The molecule has 7 heteroatoms. The van der Waals surface area contributed by atoms with Gasteiger partial charge in [-0.05, 0) is 25.0 Å². The van der Waals surface area contributed by atoms with Gasteiger partial charge >= 0.3 is 6.18 Å². The Morgan fingerprint density at radius 3 is 2.63 bits per heavy atom. The third-order valence-electron chi connectivity index (χ3n) is 2.91. The Morgan fingerprint density at radius 1 is 1.42 bits per heavy atom. The van der Waals surface area contributed by atoms with Crippen molar-refractivity contribution >= 4 is 11.6 Å². The minimum Gasteiger partial charge on any atom is -0.384 e. The quantitative estimate of drug-likeness (QED) is 0.913. The second kappa shape index (κ2) is 4.96. The molecule has 0 spiro atoms. The number of nitrogen functional groups attached to an aromatic ring is 1. The highest BCUT2D eigenvalue weighted by Crippen LogP contribution is 2.35. The fraction of sp³-hybridized carbons (Fsp3) is 0.500. The molecule has 1 heterocycles. The van der Waals surface area contributed by atoms with E-state index in [4.69, 9.17) is 11.0 Å². The first-order valence-corrected chi connectivity index (χ1v) is 5.90. The van der Waals surface area contributed by atoms with Gasteiger partial charge in [-0.3, -0.25) is 0 Å². The average Bonchev–Trinajstić information content (AvgIpc) is 3.12. The summed E-state index contributed by atoms with van der Waals surface area (Å²) in [5.74, 6) is 0.0394. The fourth-order valence-corrected chi connectivity index (χ4v) is 1.89. The lowest BCUT2D eigenvalue weighted by molar-refractivity contribution is -0.137. The van der Waals surface area contributed by atoms with E-state index < -0.39 is 11.7 Å². The predicted molar refractivity (Wildman–Crippen MR) is 64.2 cm³/mol. The first-order chi connectivity index (χ1) is 8.91. The third-order valence-corrected chi connectivity index (χ3v) is 2.91. The van der Waals surface area contributed by atoms with E-state index in [2.05, 4.69) is 4.98 Å². The predicted octanol–water partition coefficient (Wildman–Crippen LogP) is 2.57. The standard InChI is InChI=1S/C12H13F3N4/c13-12(14,15)8-6-10(17)18-11(7-8)19(5-1-4-16)9-2-3-9/h6-7,9H,1-3,5H2,(H2,17,18). The summed E-state index contributed by atoms with van der Waals surface area (Å²) in [6.45, 7) is 0.370. The Bertz CT molecular complexity index is 503. The Morgan fingerprint density at radius 2 is 2.11 bits per heavy atom. The number of hydrogen-bond acceptors (Lipinski definition) is 4. The molecule has 1 aromatic rings. The molecular weight excluding hydrogens is 257 g/mol. The summed E-state index contributed by atoms with van der Waals surface area (Å²) in [6.07, 6.45) is -2.39. The fourth-order valence-electron chi connectivity index (χ4n) is 1.89. The van der Waals surface area contributed by atoms with Gasteiger partial charge in [-0.25, -0.2) is 4.98 Å². The number of aromatic nitrogens is 1. The van der Waals surface area contributed by atoms with Crippen LogP contribution in [0.3, 0.4) is 0 Å². The summed E-state index contributed by atoms with van der Waals surface area (Å²) in [6, 6.07) is 3.97. The number of nitrogens with zero attached hydrogens (tertiary/aromatic N) is 3. The molecule has 0 aliphatic heterocycles. The molecule has 1 fully saturated rings. The lowest BCUT2D eigenvalue weighted by Crippen LogP contribution is -2.28. The van der Waals surface area contributed by atoms with Gasteiger partial charge in [0.25, 0.3) is 0 Å². The van der Waals surface area contributed by atoms with Crippen molar-refractivity contribution in [1.82, 2.24) is 4.98 Å². The molecule has 1 saturated carbocycles. The van der Waals surface area contributed by atoms with Gasteiger partial charge in [0.15, 0.2) is 0 Å². The zero-order valence-electron chi connectivity index (χ0n) is 10.1. The molecule has 0 aromatic carbocycles. The molecule has 0 amide bonds. The number of hydrogen-bond donors (Lipinski definition) is 1. The first-order valence-electron chi connectivity index (χ1n) is 5.90. The Labute approximate surface area is 108 Å². The smallest absolute Gasteiger partial charge is 0.384 e. The van der Waals surface area contributed by atoms with Crippen LogP contribution in [-0.2, 0) is 6.18 Å². The van der Waals surface area contributed by atoms with Gasteiger partial charge in [0.1, 0.15) is 11.6 Å².